The summed E-state index contributed by atoms with van der Waals surface area (Å²) < 4.78 is 0. The Morgan fingerprint density at radius 3 is 2.55 bits per heavy atom. The Bertz CT molecular complexity index is 517. The topological polar surface area (TPSA) is 57.2 Å². The number of diazo groups is 1. The number of anilines is 1. The summed E-state index contributed by atoms with van der Waals surface area (Å²) in [5, 5.41) is 11.9. The van der Waals surface area contributed by atoms with E-state index in [1.54, 1.807) is 6.07 Å². The Hall–Kier alpha value is -1.89. The molecule has 0 saturated carbocycles. The highest BCUT2D eigenvalue weighted by Gasteiger charge is 2.19. The molecule has 20 heavy (non-hydrogen) atoms. The number of aryl methyl sites for hydroxylation is 2. The first-order valence-corrected chi connectivity index (χ1v) is 7.30. The summed E-state index contributed by atoms with van der Waals surface area (Å²) in [7, 11) is 0. The number of amides is 1. The van der Waals surface area contributed by atoms with Gasteiger partial charge in [-0.1, -0.05) is 26.7 Å². The van der Waals surface area contributed by atoms with Crippen LogP contribution in [0.1, 0.15) is 50.7 Å². The number of rotatable bonds is 6. The van der Waals surface area contributed by atoms with Crippen LogP contribution in [0.3, 0.4) is 0 Å². The normalized spacial score (nSPS) is 11.8. The van der Waals surface area contributed by atoms with Crippen molar-refractivity contribution in [3.63, 3.8) is 0 Å². The number of unbranched alkanes of at least 4 members (excludes halogenated alkanes) is 1. The highest BCUT2D eigenvalue weighted by molar-refractivity contribution is 5.93. The Kier molecular flexibility index (Phi) is 6.17. The molecule has 1 atom stereocenters. The average Bonchev–Trinajstić information content (AvgIpc) is 2.43. The van der Waals surface area contributed by atoms with Crippen molar-refractivity contribution in [2.75, 3.05) is 5.32 Å². The number of carbonyl (C=O) groups is 1. The molecule has 4 nitrogen and oxygen atoms in total. The van der Waals surface area contributed by atoms with Crippen LogP contribution in [0.5, 0.6) is 0 Å². The minimum absolute atomic E-state index is 0.0665. The summed E-state index contributed by atoms with van der Waals surface area (Å²) in [6.07, 6.45) is 3.97. The summed E-state index contributed by atoms with van der Waals surface area (Å²) in [6, 6.07) is 3.63. The van der Waals surface area contributed by atoms with Crippen LogP contribution in [0.15, 0.2) is 12.1 Å². The fourth-order valence-corrected chi connectivity index (χ4v) is 2.25. The van der Waals surface area contributed by atoms with Crippen molar-refractivity contribution in [2.45, 2.75) is 53.4 Å². The first-order chi connectivity index (χ1) is 9.53. The Morgan fingerprint density at radius 2 is 2.00 bits per heavy atom. The van der Waals surface area contributed by atoms with Crippen LogP contribution >= 0.6 is 0 Å². The van der Waals surface area contributed by atoms with Crippen molar-refractivity contribution in [3.05, 3.63) is 28.2 Å². The zero-order chi connectivity index (χ0) is 15.1. The molecule has 1 unspecified atom stereocenters. The third kappa shape index (κ3) is 4.06. The van der Waals surface area contributed by atoms with Crippen molar-refractivity contribution < 1.29 is 4.79 Å². The van der Waals surface area contributed by atoms with E-state index in [1.807, 2.05) is 26.8 Å². The lowest BCUT2D eigenvalue weighted by molar-refractivity contribution is -0.120. The van der Waals surface area contributed by atoms with E-state index in [2.05, 4.69) is 17.2 Å². The van der Waals surface area contributed by atoms with Gasteiger partial charge in [0.15, 0.2) is 4.98 Å². The number of benzene rings is 1. The predicted molar refractivity (Wildman–Crippen MR) is 82.6 cm³/mol. The molecule has 0 aliphatic heterocycles. The molecule has 0 heterocycles. The van der Waals surface area contributed by atoms with Gasteiger partial charge in [0.1, 0.15) is 0 Å². The van der Waals surface area contributed by atoms with Crippen LogP contribution in [0.25, 0.3) is 4.98 Å². The zero-order valence-corrected chi connectivity index (χ0v) is 12.9. The molecule has 1 aromatic rings. The number of hydrogen-bond donors (Lipinski definition) is 1. The van der Waals surface area contributed by atoms with Crippen LogP contribution in [0.2, 0.25) is 0 Å². The molecule has 0 saturated heterocycles. The van der Waals surface area contributed by atoms with Gasteiger partial charge in [0, 0.05) is 23.2 Å². The molecule has 4 heteroatoms. The van der Waals surface area contributed by atoms with E-state index in [1.165, 1.54) is 0 Å². The predicted octanol–water partition coefficient (Wildman–Crippen LogP) is 4.94. The summed E-state index contributed by atoms with van der Waals surface area (Å²) in [5.41, 5.74) is 3.09. The zero-order valence-electron chi connectivity index (χ0n) is 12.9. The average molecular weight is 274 g/mol. The van der Waals surface area contributed by atoms with Crippen molar-refractivity contribution in [2.24, 2.45) is 5.92 Å². The highest BCUT2D eigenvalue weighted by Crippen LogP contribution is 2.27. The first-order valence-electron chi connectivity index (χ1n) is 7.30. The SMILES string of the molecule is CCCCC(CC)C(=O)Nc1cc(C)c([N+]#N)cc1C. The van der Waals surface area contributed by atoms with Crippen molar-refractivity contribution >= 4 is 17.3 Å². The third-order valence-corrected chi connectivity index (χ3v) is 3.68. The van der Waals surface area contributed by atoms with Crippen LogP contribution < -0.4 is 5.32 Å². The fourth-order valence-electron chi connectivity index (χ4n) is 2.25. The molecule has 0 bridgehead atoms. The second kappa shape index (κ2) is 7.64. The lowest BCUT2D eigenvalue weighted by atomic mass is 9.98. The van der Waals surface area contributed by atoms with Gasteiger partial charge in [-0.15, -0.1) is 0 Å². The standard InChI is InChI=1S/C16H23N3O/c1-5-7-8-13(6-2)16(20)18-14-9-12(4)15(19-17)10-11(14)3/h9-10,13H,5-8H2,1-4H3/p+1. The van der Waals surface area contributed by atoms with Crippen molar-refractivity contribution in [1.29, 1.82) is 5.39 Å². The largest absolute Gasteiger partial charge is 0.388 e. The van der Waals surface area contributed by atoms with Gasteiger partial charge in [-0.05, 0) is 38.3 Å². The number of nitrogens with zero attached hydrogens (tertiary/aromatic N) is 2. The summed E-state index contributed by atoms with van der Waals surface area (Å²) in [5.74, 6) is 0.147. The Morgan fingerprint density at radius 1 is 1.30 bits per heavy atom. The lowest BCUT2D eigenvalue weighted by Gasteiger charge is -2.15. The van der Waals surface area contributed by atoms with Gasteiger partial charge in [-0.25, -0.2) is 0 Å². The molecule has 108 valence electrons. The van der Waals surface area contributed by atoms with Gasteiger partial charge in [0.25, 0.3) is 0 Å². The molecule has 1 N–H and O–H groups in total. The molecule has 0 spiro atoms. The van der Waals surface area contributed by atoms with Crippen LogP contribution in [0.4, 0.5) is 11.4 Å². The van der Waals surface area contributed by atoms with Gasteiger partial charge in [-0.2, -0.15) is 0 Å². The van der Waals surface area contributed by atoms with E-state index in [0.29, 0.717) is 5.69 Å². The van der Waals surface area contributed by atoms with Gasteiger partial charge in [0.2, 0.25) is 11.3 Å². The van der Waals surface area contributed by atoms with E-state index in [9.17, 15) is 4.79 Å². The summed E-state index contributed by atoms with van der Waals surface area (Å²) in [4.78, 5) is 15.5. The number of nitrogens with one attached hydrogen (secondary N) is 1. The first kappa shape index (κ1) is 16.2. The maximum absolute atomic E-state index is 12.3. The molecule has 0 aliphatic carbocycles. The minimum Gasteiger partial charge on any atom is -0.326 e. The summed E-state index contributed by atoms with van der Waals surface area (Å²) in [6.45, 7) is 7.94. The van der Waals surface area contributed by atoms with Crippen molar-refractivity contribution in [3.8, 4) is 0 Å². The second-order valence-electron chi connectivity index (χ2n) is 5.29. The minimum atomic E-state index is 0.0665. The van der Waals surface area contributed by atoms with E-state index in [4.69, 9.17) is 5.39 Å². The molecule has 1 amide bonds. The lowest BCUT2D eigenvalue weighted by Crippen LogP contribution is -2.22. The third-order valence-electron chi connectivity index (χ3n) is 3.68. The Balaban J connectivity index is 2.85. The van der Waals surface area contributed by atoms with E-state index >= 15 is 0 Å². The van der Waals surface area contributed by atoms with Gasteiger partial charge in [0.05, 0.1) is 0 Å². The van der Waals surface area contributed by atoms with Crippen LogP contribution in [0, 0.1) is 25.2 Å². The monoisotopic (exact) mass is 274 g/mol. The van der Waals surface area contributed by atoms with Crippen LogP contribution in [-0.4, -0.2) is 5.91 Å². The molecule has 0 radical (unpaired) electrons. The molecular formula is C16H24N3O+. The second-order valence-corrected chi connectivity index (χ2v) is 5.29. The van der Waals surface area contributed by atoms with Gasteiger partial charge < -0.3 is 5.32 Å². The van der Waals surface area contributed by atoms with Gasteiger partial charge >= 0.3 is 5.69 Å². The summed E-state index contributed by atoms with van der Waals surface area (Å²) >= 11 is 0. The van der Waals surface area contributed by atoms with Crippen LogP contribution in [-0.2, 0) is 4.79 Å². The quantitative estimate of drug-likeness (QED) is 0.747. The smallest absolute Gasteiger partial charge is 0.326 e. The molecule has 0 aromatic heterocycles. The number of carbonyl (C=O) groups excluding carboxylic acids is 1. The molecular weight excluding hydrogens is 250 g/mol. The molecule has 1 aromatic carbocycles. The van der Waals surface area contributed by atoms with Gasteiger partial charge in [-0.3, -0.25) is 4.79 Å². The van der Waals surface area contributed by atoms with Crippen molar-refractivity contribution in [1.82, 2.24) is 0 Å². The van der Waals surface area contributed by atoms with E-state index in [-0.39, 0.29) is 11.8 Å². The number of hydrogen-bond acceptors (Lipinski definition) is 2. The van der Waals surface area contributed by atoms with E-state index in [0.717, 1.165) is 42.5 Å². The molecule has 1 rings (SSSR count). The Labute approximate surface area is 121 Å². The maximum Gasteiger partial charge on any atom is 0.388 e. The maximum atomic E-state index is 12.3. The highest BCUT2D eigenvalue weighted by atomic mass is 16.1. The van der Waals surface area contributed by atoms with E-state index < -0.39 is 0 Å². The molecule has 0 fully saturated rings. The fraction of sp³-hybridized carbons (Fsp3) is 0.562. The molecule has 0 aliphatic rings.